The monoisotopic (exact) mass is 260 g/mol. The lowest BCUT2D eigenvalue weighted by Crippen LogP contribution is -2.39. The average Bonchev–Trinajstić information content (AvgIpc) is 2.27. The Morgan fingerprint density at radius 3 is 2.22 bits per heavy atom. The van der Waals surface area contributed by atoms with Crippen LogP contribution in [0.1, 0.15) is 11.1 Å². The predicted octanol–water partition coefficient (Wildman–Crippen LogP) is 2.56. The van der Waals surface area contributed by atoms with Gasteiger partial charge in [-0.2, -0.15) is 13.2 Å². The first-order chi connectivity index (χ1) is 8.32. The zero-order chi connectivity index (χ0) is 13.8. The number of benzene rings is 1. The molecule has 0 aliphatic rings. The van der Waals surface area contributed by atoms with Crippen LogP contribution in [0.2, 0.25) is 0 Å². The van der Waals surface area contributed by atoms with Gasteiger partial charge in [-0.3, -0.25) is 0 Å². The van der Waals surface area contributed by atoms with Gasteiger partial charge in [-0.15, -0.1) is 0 Å². The smallest absolute Gasteiger partial charge is 0.330 e. The third kappa shape index (κ3) is 4.66. The van der Waals surface area contributed by atoms with Gasteiger partial charge in [-0.1, -0.05) is 29.8 Å². The van der Waals surface area contributed by atoms with Crippen molar-refractivity contribution in [3.8, 4) is 0 Å². The van der Waals surface area contributed by atoms with Crippen molar-refractivity contribution in [1.29, 1.82) is 0 Å². The van der Waals surface area contributed by atoms with Gasteiger partial charge in [0.05, 0.1) is 5.92 Å². The summed E-state index contributed by atoms with van der Waals surface area (Å²) in [4.78, 5) is 1.65. The number of aryl methyl sites for hydroxylation is 1. The molecular formula is C13H19F3N2. The highest BCUT2D eigenvalue weighted by molar-refractivity contribution is 5.21. The zero-order valence-corrected chi connectivity index (χ0v) is 10.7. The van der Waals surface area contributed by atoms with E-state index in [0.29, 0.717) is 6.54 Å². The molecule has 2 nitrogen and oxygen atoms in total. The van der Waals surface area contributed by atoms with E-state index in [4.69, 9.17) is 5.73 Å². The fourth-order valence-corrected chi connectivity index (χ4v) is 1.76. The molecule has 1 unspecified atom stereocenters. The standard InChI is InChI=1S/C13H19F3N2/c1-10-3-5-11(6-4-10)8-18(2)9-12(7-17)13(14,15)16/h3-6,12H,7-9,17H2,1-2H3. The predicted molar refractivity (Wildman–Crippen MR) is 66.1 cm³/mol. The SMILES string of the molecule is Cc1ccc(CN(C)CC(CN)C(F)(F)F)cc1. The van der Waals surface area contributed by atoms with E-state index in [1.54, 1.807) is 11.9 Å². The molecule has 0 aliphatic carbocycles. The summed E-state index contributed by atoms with van der Waals surface area (Å²) in [7, 11) is 1.67. The summed E-state index contributed by atoms with van der Waals surface area (Å²) in [6.45, 7) is 2.02. The molecule has 0 aromatic heterocycles. The van der Waals surface area contributed by atoms with Crippen LogP contribution >= 0.6 is 0 Å². The molecule has 1 aromatic rings. The lowest BCUT2D eigenvalue weighted by Gasteiger charge is -2.25. The summed E-state index contributed by atoms with van der Waals surface area (Å²) in [5.41, 5.74) is 7.31. The highest BCUT2D eigenvalue weighted by Crippen LogP contribution is 2.26. The van der Waals surface area contributed by atoms with Crippen molar-refractivity contribution in [3.05, 3.63) is 35.4 Å². The summed E-state index contributed by atoms with van der Waals surface area (Å²) < 4.78 is 37.7. The molecule has 0 spiro atoms. The molecule has 0 heterocycles. The molecule has 18 heavy (non-hydrogen) atoms. The number of nitrogens with two attached hydrogens (primary N) is 1. The van der Waals surface area contributed by atoms with Crippen molar-refractivity contribution in [1.82, 2.24) is 4.90 Å². The van der Waals surface area contributed by atoms with Crippen molar-refractivity contribution in [2.45, 2.75) is 19.6 Å². The second kappa shape index (κ2) is 6.20. The Labute approximate surface area is 106 Å². The molecule has 1 rings (SSSR count). The second-order valence-electron chi connectivity index (χ2n) is 4.66. The summed E-state index contributed by atoms with van der Waals surface area (Å²) in [6.07, 6.45) is -4.23. The first-order valence-corrected chi connectivity index (χ1v) is 5.83. The fourth-order valence-electron chi connectivity index (χ4n) is 1.76. The first-order valence-electron chi connectivity index (χ1n) is 5.83. The van der Waals surface area contributed by atoms with Gasteiger partial charge in [0, 0.05) is 19.6 Å². The minimum absolute atomic E-state index is 0.0755. The Kier molecular flexibility index (Phi) is 5.16. The number of nitrogens with zero attached hydrogens (tertiary/aromatic N) is 1. The van der Waals surface area contributed by atoms with Crippen LogP contribution in [-0.4, -0.2) is 31.2 Å². The van der Waals surface area contributed by atoms with Gasteiger partial charge in [0.2, 0.25) is 0 Å². The molecular weight excluding hydrogens is 241 g/mol. The zero-order valence-electron chi connectivity index (χ0n) is 10.7. The lowest BCUT2D eigenvalue weighted by atomic mass is 10.1. The Morgan fingerprint density at radius 2 is 1.78 bits per heavy atom. The molecule has 0 fully saturated rings. The van der Waals surface area contributed by atoms with Crippen molar-refractivity contribution < 1.29 is 13.2 Å². The normalized spacial score (nSPS) is 13.9. The van der Waals surface area contributed by atoms with Gasteiger partial charge in [0.15, 0.2) is 0 Å². The van der Waals surface area contributed by atoms with Crippen molar-refractivity contribution >= 4 is 0 Å². The van der Waals surface area contributed by atoms with E-state index in [2.05, 4.69) is 0 Å². The largest absolute Gasteiger partial charge is 0.394 e. The topological polar surface area (TPSA) is 29.3 Å². The number of halogens is 3. The first kappa shape index (κ1) is 15.0. The van der Waals surface area contributed by atoms with Gasteiger partial charge >= 0.3 is 6.18 Å². The second-order valence-corrected chi connectivity index (χ2v) is 4.66. The van der Waals surface area contributed by atoms with Gasteiger partial charge in [-0.05, 0) is 19.5 Å². The average molecular weight is 260 g/mol. The maximum atomic E-state index is 12.6. The quantitative estimate of drug-likeness (QED) is 0.881. The molecule has 1 atom stereocenters. The van der Waals surface area contributed by atoms with Gasteiger partial charge < -0.3 is 10.6 Å². The van der Waals surface area contributed by atoms with Crippen LogP contribution in [-0.2, 0) is 6.54 Å². The van der Waals surface area contributed by atoms with Crippen LogP contribution in [0.5, 0.6) is 0 Å². The Balaban J connectivity index is 2.55. The Morgan fingerprint density at radius 1 is 1.22 bits per heavy atom. The molecule has 0 radical (unpaired) electrons. The van der Waals surface area contributed by atoms with E-state index in [1.165, 1.54) is 0 Å². The summed E-state index contributed by atoms with van der Waals surface area (Å²) in [5.74, 6) is -1.46. The molecule has 0 saturated carbocycles. The molecule has 5 heteroatoms. The van der Waals surface area contributed by atoms with Gasteiger partial charge in [0.1, 0.15) is 0 Å². The van der Waals surface area contributed by atoms with Gasteiger partial charge in [-0.25, -0.2) is 0 Å². The van der Waals surface area contributed by atoms with Crippen LogP contribution < -0.4 is 5.73 Å². The maximum absolute atomic E-state index is 12.6. The van der Waals surface area contributed by atoms with Crippen LogP contribution in [0.15, 0.2) is 24.3 Å². The third-order valence-electron chi connectivity index (χ3n) is 2.85. The van der Waals surface area contributed by atoms with Crippen LogP contribution in [0.25, 0.3) is 0 Å². The van der Waals surface area contributed by atoms with E-state index in [0.717, 1.165) is 11.1 Å². The van der Waals surface area contributed by atoms with Crippen molar-refractivity contribution in [2.24, 2.45) is 11.7 Å². The number of alkyl halides is 3. The van der Waals surface area contributed by atoms with E-state index >= 15 is 0 Å². The molecule has 0 saturated heterocycles. The summed E-state index contributed by atoms with van der Waals surface area (Å²) in [6, 6.07) is 7.76. The van der Waals surface area contributed by atoms with Crippen molar-refractivity contribution in [3.63, 3.8) is 0 Å². The molecule has 2 N–H and O–H groups in total. The highest BCUT2D eigenvalue weighted by Gasteiger charge is 2.38. The van der Waals surface area contributed by atoms with E-state index < -0.39 is 12.1 Å². The van der Waals surface area contributed by atoms with Crippen molar-refractivity contribution in [2.75, 3.05) is 20.1 Å². The van der Waals surface area contributed by atoms with Crippen LogP contribution in [0, 0.1) is 12.8 Å². The Hall–Kier alpha value is -1.07. The van der Waals surface area contributed by atoms with E-state index in [9.17, 15) is 13.2 Å². The minimum atomic E-state index is -4.23. The lowest BCUT2D eigenvalue weighted by molar-refractivity contribution is -0.175. The van der Waals surface area contributed by atoms with Gasteiger partial charge in [0.25, 0.3) is 0 Å². The third-order valence-corrected chi connectivity index (χ3v) is 2.85. The molecule has 102 valence electrons. The molecule has 0 amide bonds. The molecule has 1 aromatic carbocycles. The number of hydrogen-bond acceptors (Lipinski definition) is 2. The fraction of sp³-hybridized carbons (Fsp3) is 0.538. The number of rotatable bonds is 5. The molecule has 0 aliphatic heterocycles. The number of hydrogen-bond donors (Lipinski definition) is 1. The van der Waals surface area contributed by atoms with E-state index in [-0.39, 0.29) is 13.1 Å². The highest BCUT2D eigenvalue weighted by atomic mass is 19.4. The summed E-state index contributed by atoms with van der Waals surface area (Å²) >= 11 is 0. The maximum Gasteiger partial charge on any atom is 0.394 e. The van der Waals surface area contributed by atoms with Crippen LogP contribution in [0.3, 0.4) is 0 Å². The summed E-state index contributed by atoms with van der Waals surface area (Å²) in [5, 5.41) is 0. The minimum Gasteiger partial charge on any atom is -0.330 e. The Bertz CT molecular complexity index is 359. The van der Waals surface area contributed by atoms with E-state index in [1.807, 2.05) is 31.2 Å². The van der Waals surface area contributed by atoms with Crippen LogP contribution in [0.4, 0.5) is 13.2 Å². The molecule has 0 bridgehead atoms.